The largest absolute Gasteiger partial charge is 0.489 e. The van der Waals surface area contributed by atoms with Crippen LogP contribution in [-0.4, -0.2) is 11.5 Å². The van der Waals surface area contributed by atoms with Crippen LogP contribution >= 0.6 is 27.5 Å². The number of halogens is 2. The Kier molecular flexibility index (Phi) is 3.01. The van der Waals surface area contributed by atoms with Crippen LogP contribution in [0.25, 0.3) is 10.8 Å². The molecule has 0 spiro atoms. The van der Waals surface area contributed by atoms with Crippen LogP contribution in [0.15, 0.2) is 40.9 Å². The van der Waals surface area contributed by atoms with Gasteiger partial charge in [-0.05, 0) is 32.8 Å². The third-order valence-corrected chi connectivity index (χ3v) is 4.33. The first-order valence-electron chi connectivity index (χ1n) is 5.72. The van der Waals surface area contributed by atoms with Crippen molar-refractivity contribution >= 4 is 38.3 Å². The molecule has 0 radical (unpaired) electrons. The van der Waals surface area contributed by atoms with Crippen LogP contribution in [0.3, 0.4) is 0 Å². The number of alkyl halides is 1. The lowest BCUT2D eigenvalue weighted by Gasteiger charge is -2.31. The number of hydrogen-bond acceptors (Lipinski definition) is 1. The van der Waals surface area contributed by atoms with Crippen LogP contribution < -0.4 is 4.74 Å². The van der Waals surface area contributed by atoms with Crippen molar-refractivity contribution in [2.75, 3.05) is 0 Å². The smallest absolute Gasteiger partial charge is 0.134 e. The monoisotopic (exact) mass is 310 g/mol. The molecular weight excluding hydrogens is 300 g/mol. The molecule has 0 N–H and O–H groups in total. The molecule has 0 amide bonds. The van der Waals surface area contributed by atoms with E-state index < -0.39 is 0 Å². The van der Waals surface area contributed by atoms with E-state index in [2.05, 4.69) is 34.1 Å². The fourth-order valence-electron chi connectivity index (χ4n) is 2.08. The normalized spacial score (nSPS) is 23.4. The highest BCUT2D eigenvalue weighted by atomic mass is 79.9. The van der Waals surface area contributed by atoms with Crippen LogP contribution in [-0.2, 0) is 0 Å². The Labute approximate surface area is 114 Å². The van der Waals surface area contributed by atoms with E-state index in [0.717, 1.165) is 23.1 Å². The molecule has 1 fully saturated rings. The zero-order valence-electron chi connectivity index (χ0n) is 9.20. The van der Waals surface area contributed by atoms with Gasteiger partial charge < -0.3 is 4.74 Å². The van der Waals surface area contributed by atoms with Gasteiger partial charge in [-0.25, -0.2) is 0 Å². The first-order chi connectivity index (χ1) is 8.24. The molecule has 88 valence electrons. The third kappa shape index (κ3) is 2.16. The van der Waals surface area contributed by atoms with Gasteiger partial charge in [0.1, 0.15) is 11.9 Å². The Morgan fingerprint density at radius 1 is 1.12 bits per heavy atom. The van der Waals surface area contributed by atoms with Gasteiger partial charge in [0.25, 0.3) is 0 Å². The molecule has 3 rings (SSSR count). The van der Waals surface area contributed by atoms with Crippen LogP contribution in [0.1, 0.15) is 12.8 Å². The fourth-order valence-corrected chi connectivity index (χ4v) is 3.07. The van der Waals surface area contributed by atoms with E-state index in [0.29, 0.717) is 5.38 Å². The molecule has 1 aliphatic carbocycles. The molecule has 0 atom stereocenters. The van der Waals surface area contributed by atoms with Crippen molar-refractivity contribution in [3.8, 4) is 5.75 Å². The summed E-state index contributed by atoms with van der Waals surface area (Å²) in [6.45, 7) is 0. The van der Waals surface area contributed by atoms with Gasteiger partial charge in [0.15, 0.2) is 0 Å². The average Bonchev–Trinajstić information content (AvgIpc) is 2.31. The van der Waals surface area contributed by atoms with Crippen LogP contribution in [0, 0.1) is 0 Å². The number of hydrogen-bond donors (Lipinski definition) is 0. The summed E-state index contributed by atoms with van der Waals surface area (Å²) in [6.07, 6.45) is 2.16. The molecule has 1 nitrogen and oxygen atoms in total. The SMILES string of the molecule is ClC1CC(Oc2ccc3ccccc3c2Br)C1. The van der Waals surface area contributed by atoms with E-state index >= 15 is 0 Å². The van der Waals surface area contributed by atoms with Crippen molar-refractivity contribution in [1.29, 1.82) is 0 Å². The summed E-state index contributed by atoms with van der Waals surface area (Å²) in [6, 6.07) is 12.4. The maximum Gasteiger partial charge on any atom is 0.134 e. The quantitative estimate of drug-likeness (QED) is 0.727. The number of ether oxygens (including phenoxy) is 1. The van der Waals surface area contributed by atoms with E-state index in [1.807, 2.05) is 18.2 Å². The minimum atomic E-state index is 0.273. The third-order valence-electron chi connectivity index (χ3n) is 3.16. The van der Waals surface area contributed by atoms with Crippen molar-refractivity contribution in [2.45, 2.75) is 24.3 Å². The molecule has 1 saturated carbocycles. The zero-order chi connectivity index (χ0) is 11.8. The summed E-state index contributed by atoms with van der Waals surface area (Å²) in [5, 5.41) is 2.70. The predicted molar refractivity (Wildman–Crippen MR) is 74.9 cm³/mol. The van der Waals surface area contributed by atoms with Crippen molar-refractivity contribution in [3.63, 3.8) is 0 Å². The van der Waals surface area contributed by atoms with Gasteiger partial charge in [0.2, 0.25) is 0 Å². The summed E-state index contributed by atoms with van der Waals surface area (Å²) < 4.78 is 6.96. The second-order valence-electron chi connectivity index (χ2n) is 4.41. The molecule has 1 aliphatic rings. The van der Waals surface area contributed by atoms with Gasteiger partial charge in [-0.15, -0.1) is 11.6 Å². The summed E-state index contributed by atoms with van der Waals surface area (Å²) in [4.78, 5) is 0. The van der Waals surface area contributed by atoms with Gasteiger partial charge in [-0.3, -0.25) is 0 Å². The molecule has 0 aromatic heterocycles. The lowest BCUT2D eigenvalue weighted by molar-refractivity contribution is 0.123. The molecular formula is C14H12BrClO. The standard InChI is InChI=1S/C14H12BrClO/c15-14-12-4-2-1-3-9(12)5-6-13(14)17-11-7-10(16)8-11/h1-6,10-11H,7-8H2. The average molecular weight is 312 g/mol. The highest BCUT2D eigenvalue weighted by Gasteiger charge is 2.29. The van der Waals surface area contributed by atoms with E-state index in [1.165, 1.54) is 10.8 Å². The predicted octanol–water partition coefficient (Wildman–Crippen LogP) is 4.75. The Morgan fingerprint density at radius 2 is 1.88 bits per heavy atom. The summed E-state index contributed by atoms with van der Waals surface area (Å²) >= 11 is 9.57. The van der Waals surface area contributed by atoms with E-state index in [1.54, 1.807) is 0 Å². The van der Waals surface area contributed by atoms with Crippen molar-refractivity contribution < 1.29 is 4.74 Å². The van der Waals surface area contributed by atoms with Crippen LogP contribution in [0.2, 0.25) is 0 Å². The highest BCUT2D eigenvalue weighted by Crippen LogP contribution is 2.37. The Balaban J connectivity index is 1.92. The second-order valence-corrected chi connectivity index (χ2v) is 5.82. The maximum absolute atomic E-state index is 5.95. The van der Waals surface area contributed by atoms with Crippen molar-refractivity contribution in [1.82, 2.24) is 0 Å². The van der Waals surface area contributed by atoms with Gasteiger partial charge >= 0.3 is 0 Å². The van der Waals surface area contributed by atoms with E-state index in [4.69, 9.17) is 16.3 Å². The Hall–Kier alpha value is -0.730. The van der Waals surface area contributed by atoms with Gasteiger partial charge in [-0.2, -0.15) is 0 Å². The maximum atomic E-state index is 5.95. The van der Waals surface area contributed by atoms with Crippen LogP contribution in [0.4, 0.5) is 0 Å². The first kappa shape index (κ1) is 11.4. The van der Waals surface area contributed by atoms with Gasteiger partial charge in [0.05, 0.1) is 4.47 Å². The fraction of sp³-hybridized carbons (Fsp3) is 0.286. The van der Waals surface area contributed by atoms with Gasteiger partial charge in [-0.1, -0.05) is 30.3 Å². The minimum Gasteiger partial charge on any atom is -0.489 e. The molecule has 3 heteroatoms. The van der Waals surface area contributed by atoms with E-state index in [9.17, 15) is 0 Å². The molecule has 0 bridgehead atoms. The zero-order valence-corrected chi connectivity index (χ0v) is 11.5. The van der Waals surface area contributed by atoms with Crippen molar-refractivity contribution in [3.05, 3.63) is 40.9 Å². The second kappa shape index (κ2) is 4.51. The Bertz CT molecular complexity index is 549. The molecule has 0 saturated heterocycles. The number of benzene rings is 2. The molecule has 2 aromatic carbocycles. The number of rotatable bonds is 2. The number of fused-ring (bicyclic) bond motifs is 1. The lowest BCUT2D eigenvalue weighted by Crippen LogP contribution is -2.34. The molecule has 2 aromatic rings. The summed E-state index contributed by atoms with van der Waals surface area (Å²) in [5.41, 5.74) is 0. The first-order valence-corrected chi connectivity index (χ1v) is 6.95. The summed E-state index contributed by atoms with van der Waals surface area (Å²) in [5.74, 6) is 0.914. The van der Waals surface area contributed by atoms with Crippen LogP contribution in [0.5, 0.6) is 5.75 Å². The molecule has 0 unspecified atom stereocenters. The van der Waals surface area contributed by atoms with Crippen molar-refractivity contribution in [2.24, 2.45) is 0 Å². The van der Waals surface area contributed by atoms with E-state index in [-0.39, 0.29) is 6.10 Å². The lowest BCUT2D eigenvalue weighted by atomic mass is 9.95. The minimum absolute atomic E-state index is 0.273. The molecule has 0 heterocycles. The molecule has 0 aliphatic heterocycles. The molecule has 17 heavy (non-hydrogen) atoms. The van der Waals surface area contributed by atoms with Gasteiger partial charge in [0, 0.05) is 18.2 Å². The topological polar surface area (TPSA) is 9.23 Å². The Morgan fingerprint density at radius 3 is 2.65 bits per heavy atom. The highest BCUT2D eigenvalue weighted by molar-refractivity contribution is 9.10. The summed E-state index contributed by atoms with van der Waals surface area (Å²) in [7, 11) is 0.